The van der Waals surface area contributed by atoms with Crippen molar-refractivity contribution in [3.63, 3.8) is 0 Å². The van der Waals surface area contributed by atoms with Gasteiger partial charge in [0, 0.05) is 70.0 Å². The number of esters is 1. The number of piperidine rings is 1. The van der Waals surface area contributed by atoms with Crippen molar-refractivity contribution in [3.8, 4) is 11.1 Å². The van der Waals surface area contributed by atoms with Crippen molar-refractivity contribution in [1.82, 2.24) is 9.88 Å². The van der Waals surface area contributed by atoms with E-state index >= 15 is 0 Å². The van der Waals surface area contributed by atoms with Crippen LogP contribution in [0.3, 0.4) is 0 Å². The number of likely N-dealkylation sites (tertiary alicyclic amines) is 1. The molecule has 0 saturated carbocycles. The summed E-state index contributed by atoms with van der Waals surface area (Å²) in [6.45, 7) is 9.52. The molecule has 0 radical (unpaired) electrons. The Bertz CT molecular complexity index is 980. The molecule has 2 saturated heterocycles. The SMILES string of the molecule is CCN(c1cc(-c2ccc(CN3CCC(OC)CC3)nc2)cc(C(=O)OC)c1C)C1CCOCC1. The molecule has 0 bridgehead atoms. The molecule has 0 unspecified atom stereocenters. The summed E-state index contributed by atoms with van der Waals surface area (Å²) in [5.74, 6) is -0.308. The van der Waals surface area contributed by atoms with E-state index in [9.17, 15) is 4.79 Å². The van der Waals surface area contributed by atoms with Gasteiger partial charge in [-0.15, -0.1) is 0 Å². The van der Waals surface area contributed by atoms with Crippen molar-refractivity contribution >= 4 is 11.7 Å². The number of nitrogens with zero attached hydrogens (tertiary/aromatic N) is 3. The van der Waals surface area contributed by atoms with E-state index in [1.54, 1.807) is 7.11 Å². The molecule has 0 amide bonds. The fraction of sp³-hybridized carbons (Fsp3) is 0.571. The van der Waals surface area contributed by atoms with Gasteiger partial charge in [0.25, 0.3) is 0 Å². The molecule has 0 spiro atoms. The normalized spacial score (nSPS) is 17.9. The Kier molecular flexibility index (Phi) is 8.76. The summed E-state index contributed by atoms with van der Waals surface area (Å²) in [4.78, 5) is 22.3. The summed E-state index contributed by atoms with van der Waals surface area (Å²) in [5, 5.41) is 0. The number of benzene rings is 1. The molecule has 4 rings (SSSR count). The predicted octanol–water partition coefficient (Wildman–Crippen LogP) is 4.46. The maximum atomic E-state index is 12.7. The number of methoxy groups -OCH3 is 2. The van der Waals surface area contributed by atoms with Gasteiger partial charge in [-0.25, -0.2) is 4.79 Å². The predicted molar refractivity (Wildman–Crippen MR) is 138 cm³/mol. The van der Waals surface area contributed by atoms with Crippen molar-refractivity contribution < 1.29 is 19.0 Å². The van der Waals surface area contributed by atoms with E-state index in [1.165, 1.54) is 7.11 Å². The molecule has 0 atom stereocenters. The van der Waals surface area contributed by atoms with Crippen LogP contribution in [0, 0.1) is 6.92 Å². The van der Waals surface area contributed by atoms with Crippen LogP contribution in [0.2, 0.25) is 0 Å². The second-order valence-corrected chi connectivity index (χ2v) is 9.54. The minimum Gasteiger partial charge on any atom is -0.465 e. The summed E-state index contributed by atoms with van der Waals surface area (Å²) in [7, 11) is 3.24. The van der Waals surface area contributed by atoms with Crippen LogP contribution >= 0.6 is 0 Å². The lowest BCUT2D eigenvalue weighted by atomic mass is 9.96. The highest BCUT2D eigenvalue weighted by molar-refractivity contribution is 5.95. The Labute approximate surface area is 209 Å². The van der Waals surface area contributed by atoms with Crippen LogP contribution in [-0.2, 0) is 20.8 Å². The van der Waals surface area contributed by atoms with E-state index in [-0.39, 0.29) is 5.97 Å². The van der Waals surface area contributed by atoms with Crippen molar-refractivity contribution in [2.24, 2.45) is 0 Å². The van der Waals surface area contributed by atoms with Crippen LogP contribution in [0.5, 0.6) is 0 Å². The van der Waals surface area contributed by atoms with E-state index < -0.39 is 0 Å². The molecule has 7 nitrogen and oxygen atoms in total. The summed E-state index contributed by atoms with van der Waals surface area (Å²) in [6, 6.07) is 8.76. The van der Waals surface area contributed by atoms with Crippen LogP contribution < -0.4 is 4.90 Å². The van der Waals surface area contributed by atoms with Gasteiger partial charge in [0.1, 0.15) is 0 Å². The van der Waals surface area contributed by atoms with Gasteiger partial charge in [-0.05, 0) is 68.9 Å². The van der Waals surface area contributed by atoms with Gasteiger partial charge in [0.05, 0.1) is 24.5 Å². The zero-order valence-corrected chi connectivity index (χ0v) is 21.6. The highest BCUT2D eigenvalue weighted by Crippen LogP contribution is 2.34. The minimum absolute atomic E-state index is 0.308. The molecule has 2 fully saturated rings. The molecule has 0 aliphatic carbocycles. The first kappa shape index (κ1) is 25.6. The van der Waals surface area contributed by atoms with Crippen molar-refractivity contribution in [1.29, 1.82) is 0 Å². The zero-order chi connectivity index (χ0) is 24.8. The zero-order valence-electron chi connectivity index (χ0n) is 21.6. The van der Waals surface area contributed by atoms with Crippen molar-refractivity contribution in [2.45, 2.75) is 58.2 Å². The molecular formula is C28H39N3O4. The number of hydrogen-bond donors (Lipinski definition) is 0. The van der Waals surface area contributed by atoms with Crippen LogP contribution in [-0.4, -0.2) is 75.1 Å². The maximum absolute atomic E-state index is 12.7. The molecular weight excluding hydrogens is 442 g/mol. The summed E-state index contributed by atoms with van der Waals surface area (Å²) >= 11 is 0. The van der Waals surface area contributed by atoms with Crippen LogP contribution in [0.1, 0.15) is 54.2 Å². The monoisotopic (exact) mass is 481 g/mol. The smallest absolute Gasteiger partial charge is 0.338 e. The average molecular weight is 482 g/mol. The molecule has 2 aromatic rings. The lowest BCUT2D eigenvalue weighted by Crippen LogP contribution is -2.40. The number of carbonyl (C=O) groups excluding carboxylic acids is 1. The second-order valence-electron chi connectivity index (χ2n) is 9.54. The number of carbonyl (C=O) groups is 1. The Morgan fingerprint density at radius 2 is 1.86 bits per heavy atom. The number of hydrogen-bond acceptors (Lipinski definition) is 7. The Balaban J connectivity index is 1.59. The number of ether oxygens (including phenoxy) is 3. The number of rotatable bonds is 8. The van der Waals surface area contributed by atoms with Crippen LogP contribution in [0.15, 0.2) is 30.5 Å². The third-order valence-corrected chi connectivity index (χ3v) is 7.48. The van der Waals surface area contributed by atoms with E-state index in [0.29, 0.717) is 17.7 Å². The second kappa shape index (κ2) is 12.0. The topological polar surface area (TPSA) is 64.1 Å². The molecule has 3 heterocycles. The standard InChI is InChI=1S/C28H39N3O4/c1-5-31(24-10-14-35-15-11-24)27-17-22(16-26(20(27)2)28(32)34-4)21-6-7-23(29-18-21)19-30-12-8-25(33-3)9-13-30/h6-7,16-18,24-25H,5,8-15,19H2,1-4H3. The van der Waals surface area contributed by atoms with Gasteiger partial charge in [0.15, 0.2) is 0 Å². The molecule has 7 heteroatoms. The third kappa shape index (κ3) is 6.02. The Morgan fingerprint density at radius 1 is 1.11 bits per heavy atom. The Hall–Kier alpha value is -2.48. The van der Waals surface area contributed by atoms with E-state index in [0.717, 1.165) is 93.1 Å². The molecule has 35 heavy (non-hydrogen) atoms. The summed E-state index contributed by atoms with van der Waals surface area (Å²) < 4.78 is 16.2. The third-order valence-electron chi connectivity index (χ3n) is 7.48. The van der Waals surface area contributed by atoms with Gasteiger partial charge < -0.3 is 19.1 Å². The van der Waals surface area contributed by atoms with Crippen LogP contribution in [0.4, 0.5) is 5.69 Å². The number of pyridine rings is 1. The molecule has 190 valence electrons. The fourth-order valence-electron chi connectivity index (χ4n) is 5.33. The molecule has 0 N–H and O–H groups in total. The maximum Gasteiger partial charge on any atom is 0.338 e. The van der Waals surface area contributed by atoms with Gasteiger partial charge in [0.2, 0.25) is 0 Å². The van der Waals surface area contributed by atoms with Gasteiger partial charge in [-0.1, -0.05) is 6.07 Å². The first-order chi connectivity index (χ1) is 17.0. The highest BCUT2D eigenvalue weighted by atomic mass is 16.5. The largest absolute Gasteiger partial charge is 0.465 e. The van der Waals surface area contributed by atoms with Gasteiger partial charge in [-0.2, -0.15) is 0 Å². The number of aromatic nitrogens is 1. The molecule has 1 aromatic heterocycles. The molecule has 1 aromatic carbocycles. The van der Waals surface area contributed by atoms with E-state index in [2.05, 4.69) is 34.9 Å². The van der Waals surface area contributed by atoms with Crippen molar-refractivity contribution in [2.75, 3.05) is 52.0 Å². The van der Waals surface area contributed by atoms with Crippen LogP contribution in [0.25, 0.3) is 11.1 Å². The minimum atomic E-state index is -0.308. The van der Waals surface area contributed by atoms with E-state index in [1.807, 2.05) is 19.2 Å². The molecule has 2 aliphatic heterocycles. The highest BCUT2D eigenvalue weighted by Gasteiger charge is 2.25. The average Bonchev–Trinajstić information content (AvgIpc) is 2.91. The first-order valence-electron chi connectivity index (χ1n) is 12.8. The first-order valence-corrected chi connectivity index (χ1v) is 12.8. The lowest BCUT2D eigenvalue weighted by molar-refractivity contribution is 0.0385. The summed E-state index contributed by atoms with van der Waals surface area (Å²) in [6.07, 6.45) is 6.42. The Morgan fingerprint density at radius 3 is 2.46 bits per heavy atom. The van der Waals surface area contributed by atoms with Gasteiger partial charge in [-0.3, -0.25) is 9.88 Å². The van der Waals surface area contributed by atoms with E-state index in [4.69, 9.17) is 19.2 Å². The quantitative estimate of drug-likeness (QED) is 0.516. The van der Waals surface area contributed by atoms with Crippen molar-refractivity contribution in [3.05, 3.63) is 47.3 Å². The lowest BCUT2D eigenvalue weighted by Gasteiger charge is -2.37. The number of anilines is 1. The summed E-state index contributed by atoms with van der Waals surface area (Å²) in [5.41, 5.74) is 5.69. The van der Waals surface area contributed by atoms with Gasteiger partial charge >= 0.3 is 5.97 Å². The molecule has 2 aliphatic rings. The fourth-order valence-corrected chi connectivity index (χ4v) is 5.33.